The Morgan fingerprint density at radius 2 is 2.17 bits per heavy atom. The first-order chi connectivity index (χ1) is 8.40. The maximum Gasteiger partial charge on any atom is 0.387 e. The molecule has 1 aromatic carbocycles. The second-order valence-electron chi connectivity index (χ2n) is 4.00. The van der Waals surface area contributed by atoms with E-state index < -0.39 is 12.7 Å². The fraction of sp³-hybridized carbons (Fsp3) is 0.417. The van der Waals surface area contributed by atoms with E-state index in [9.17, 15) is 13.6 Å². The van der Waals surface area contributed by atoms with Gasteiger partial charge in [0.1, 0.15) is 5.75 Å². The molecule has 0 fully saturated rings. The van der Waals surface area contributed by atoms with Crippen LogP contribution in [0, 0.1) is 6.92 Å². The van der Waals surface area contributed by atoms with Crippen LogP contribution >= 0.6 is 0 Å². The van der Waals surface area contributed by atoms with E-state index in [2.05, 4.69) is 10.1 Å². The molecule has 0 spiro atoms. The van der Waals surface area contributed by atoms with E-state index in [1.54, 1.807) is 19.1 Å². The van der Waals surface area contributed by atoms with Gasteiger partial charge in [0.2, 0.25) is 5.91 Å². The predicted molar refractivity (Wildman–Crippen MR) is 63.3 cm³/mol. The van der Waals surface area contributed by atoms with E-state index in [1.165, 1.54) is 6.07 Å². The van der Waals surface area contributed by atoms with Gasteiger partial charge in [-0.2, -0.15) is 8.78 Å². The van der Waals surface area contributed by atoms with Gasteiger partial charge in [0.05, 0.1) is 6.04 Å². The summed E-state index contributed by atoms with van der Waals surface area (Å²) in [6.07, 6.45) is 0. The van der Waals surface area contributed by atoms with Crippen molar-refractivity contribution in [2.24, 2.45) is 5.73 Å². The third-order valence-electron chi connectivity index (χ3n) is 2.30. The van der Waals surface area contributed by atoms with Gasteiger partial charge >= 0.3 is 6.61 Å². The maximum atomic E-state index is 12.2. The number of benzene rings is 1. The lowest BCUT2D eigenvalue weighted by Crippen LogP contribution is -2.37. The molecule has 0 unspecified atom stereocenters. The molecule has 0 aromatic heterocycles. The number of nitrogens with two attached hydrogens (primary N) is 1. The molecule has 1 rings (SSSR count). The van der Waals surface area contributed by atoms with Crippen LogP contribution in [0.25, 0.3) is 0 Å². The van der Waals surface area contributed by atoms with Crippen LogP contribution in [-0.2, 0) is 11.3 Å². The molecule has 1 aromatic rings. The molecular weight excluding hydrogens is 242 g/mol. The highest BCUT2D eigenvalue weighted by Gasteiger charge is 2.12. The average Bonchev–Trinajstić information content (AvgIpc) is 2.28. The number of halogens is 2. The van der Waals surface area contributed by atoms with Crippen molar-refractivity contribution >= 4 is 5.91 Å². The largest absolute Gasteiger partial charge is 0.434 e. The summed E-state index contributed by atoms with van der Waals surface area (Å²) >= 11 is 0. The SMILES string of the molecule is Cc1ccc(OC(F)F)c(CNC(=O)[C@H](C)N)c1. The number of amides is 1. The zero-order chi connectivity index (χ0) is 13.7. The zero-order valence-electron chi connectivity index (χ0n) is 10.2. The summed E-state index contributed by atoms with van der Waals surface area (Å²) in [7, 11) is 0. The Kier molecular flexibility index (Phi) is 5.03. The normalized spacial score (nSPS) is 12.3. The lowest BCUT2D eigenvalue weighted by Gasteiger charge is -2.13. The lowest BCUT2D eigenvalue weighted by molar-refractivity contribution is -0.122. The highest BCUT2D eigenvalue weighted by Crippen LogP contribution is 2.21. The topological polar surface area (TPSA) is 64.3 Å². The first-order valence-electron chi connectivity index (χ1n) is 5.47. The smallest absolute Gasteiger partial charge is 0.387 e. The minimum Gasteiger partial charge on any atom is -0.434 e. The fourth-order valence-corrected chi connectivity index (χ4v) is 1.40. The summed E-state index contributed by atoms with van der Waals surface area (Å²) in [6, 6.07) is 4.15. The zero-order valence-corrected chi connectivity index (χ0v) is 10.2. The van der Waals surface area contributed by atoms with Gasteiger partial charge in [-0.25, -0.2) is 0 Å². The van der Waals surface area contributed by atoms with Crippen molar-refractivity contribution in [1.82, 2.24) is 5.32 Å². The van der Waals surface area contributed by atoms with Crippen LogP contribution in [0.3, 0.4) is 0 Å². The van der Waals surface area contributed by atoms with Gasteiger partial charge < -0.3 is 15.8 Å². The minimum atomic E-state index is -2.89. The molecule has 0 saturated carbocycles. The third-order valence-corrected chi connectivity index (χ3v) is 2.30. The van der Waals surface area contributed by atoms with Crippen LogP contribution in [0.4, 0.5) is 8.78 Å². The van der Waals surface area contributed by atoms with Crippen LogP contribution in [0.1, 0.15) is 18.1 Å². The van der Waals surface area contributed by atoms with Crippen molar-refractivity contribution in [1.29, 1.82) is 0 Å². The summed E-state index contributed by atoms with van der Waals surface area (Å²) in [5.41, 5.74) is 6.77. The highest BCUT2D eigenvalue weighted by molar-refractivity contribution is 5.80. The Morgan fingerprint density at radius 1 is 1.50 bits per heavy atom. The molecule has 0 bridgehead atoms. The number of carbonyl (C=O) groups is 1. The van der Waals surface area contributed by atoms with Crippen LogP contribution < -0.4 is 15.8 Å². The summed E-state index contributed by atoms with van der Waals surface area (Å²) < 4.78 is 28.8. The monoisotopic (exact) mass is 258 g/mol. The molecule has 0 saturated heterocycles. The molecule has 0 heterocycles. The number of ether oxygens (including phenoxy) is 1. The first kappa shape index (κ1) is 14.4. The molecule has 6 heteroatoms. The second kappa shape index (κ2) is 6.30. The Balaban J connectivity index is 2.79. The van der Waals surface area contributed by atoms with Gasteiger partial charge in [0.15, 0.2) is 0 Å². The Bertz CT molecular complexity index is 423. The van der Waals surface area contributed by atoms with Crippen LogP contribution in [0.5, 0.6) is 5.75 Å². The predicted octanol–water partition coefficient (Wildman–Crippen LogP) is 1.56. The molecule has 0 aliphatic rings. The van der Waals surface area contributed by atoms with E-state index in [4.69, 9.17) is 5.73 Å². The summed E-state index contributed by atoms with van der Waals surface area (Å²) in [5.74, 6) is -0.292. The molecule has 18 heavy (non-hydrogen) atoms. The molecule has 1 atom stereocenters. The molecule has 0 radical (unpaired) electrons. The standard InChI is InChI=1S/C12H16F2N2O2/c1-7-3-4-10(18-12(13)14)9(5-7)6-16-11(17)8(2)15/h3-5,8,12H,6,15H2,1-2H3,(H,16,17)/t8-/m0/s1. The molecule has 3 N–H and O–H groups in total. The Hall–Kier alpha value is -1.69. The number of aryl methyl sites for hydroxylation is 1. The second-order valence-corrected chi connectivity index (χ2v) is 4.00. The van der Waals surface area contributed by atoms with Crippen molar-refractivity contribution in [3.05, 3.63) is 29.3 Å². The van der Waals surface area contributed by atoms with E-state index in [0.29, 0.717) is 5.56 Å². The van der Waals surface area contributed by atoms with Gasteiger partial charge in [0, 0.05) is 12.1 Å². The first-order valence-corrected chi connectivity index (χ1v) is 5.47. The van der Waals surface area contributed by atoms with Crippen LogP contribution in [0.2, 0.25) is 0 Å². The quantitative estimate of drug-likeness (QED) is 0.842. The molecule has 0 aliphatic carbocycles. The number of carbonyl (C=O) groups excluding carboxylic acids is 1. The Morgan fingerprint density at radius 3 is 2.72 bits per heavy atom. The van der Waals surface area contributed by atoms with Gasteiger partial charge in [-0.3, -0.25) is 4.79 Å². The number of hydrogen-bond acceptors (Lipinski definition) is 3. The average molecular weight is 258 g/mol. The van der Waals surface area contributed by atoms with Gasteiger partial charge in [-0.1, -0.05) is 17.7 Å². The number of nitrogens with one attached hydrogen (secondary N) is 1. The number of hydrogen-bond donors (Lipinski definition) is 2. The molecule has 100 valence electrons. The molecule has 1 amide bonds. The highest BCUT2D eigenvalue weighted by atomic mass is 19.3. The van der Waals surface area contributed by atoms with Crippen molar-refractivity contribution in [3.63, 3.8) is 0 Å². The number of alkyl halides is 2. The van der Waals surface area contributed by atoms with E-state index in [1.807, 2.05) is 6.92 Å². The van der Waals surface area contributed by atoms with Gasteiger partial charge in [-0.05, 0) is 19.9 Å². The van der Waals surface area contributed by atoms with Crippen LogP contribution in [-0.4, -0.2) is 18.6 Å². The summed E-state index contributed by atoms with van der Waals surface area (Å²) in [5, 5.41) is 2.55. The molecular formula is C12H16F2N2O2. The van der Waals surface area contributed by atoms with Crippen LogP contribution in [0.15, 0.2) is 18.2 Å². The van der Waals surface area contributed by atoms with Crippen molar-refractivity contribution in [3.8, 4) is 5.75 Å². The fourth-order valence-electron chi connectivity index (χ4n) is 1.40. The van der Waals surface area contributed by atoms with Gasteiger partial charge in [-0.15, -0.1) is 0 Å². The van der Waals surface area contributed by atoms with E-state index in [0.717, 1.165) is 5.56 Å². The number of rotatable bonds is 5. The minimum absolute atomic E-state index is 0.0561. The van der Waals surface area contributed by atoms with E-state index >= 15 is 0 Å². The Labute approximate surface area is 104 Å². The summed E-state index contributed by atoms with van der Waals surface area (Å²) in [6.45, 7) is 0.575. The molecule has 0 aliphatic heterocycles. The van der Waals surface area contributed by atoms with Crippen molar-refractivity contribution in [2.45, 2.75) is 33.0 Å². The maximum absolute atomic E-state index is 12.2. The van der Waals surface area contributed by atoms with Crippen molar-refractivity contribution in [2.75, 3.05) is 0 Å². The lowest BCUT2D eigenvalue weighted by atomic mass is 10.1. The van der Waals surface area contributed by atoms with Crippen molar-refractivity contribution < 1.29 is 18.3 Å². The molecule has 4 nitrogen and oxygen atoms in total. The van der Waals surface area contributed by atoms with Gasteiger partial charge in [0.25, 0.3) is 0 Å². The summed E-state index contributed by atoms with van der Waals surface area (Å²) in [4.78, 5) is 11.3. The third kappa shape index (κ3) is 4.29. The van der Waals surface area contributed by atoms with E-state index in [-0.39, 0.29) is 18.2 Å².